The number of nitrogens with zero attached hydrogens (tertiary/aromatic N) is 3. The minimum atomic E-state index is 0.0437. The monoisotopic (exact) mass is 393 g/mol. The van der Waals surface area contributed by atoms with Crippen molar-refractivity contribution in [3.8, 4) is 5.75 Å². The van der Waals surface area contributed by atoms with Crippen LogP contribution in [-0.2, 0) is 6.54 Å². The molecule has 4 rings (SSSR count). The lowest BCUT2D eigenvalue weighted by Crippen LogP contribution is -2.48. The molecule has 29 heavy (non-hydrogen) atoms. The SMILES string of the molecule is CCOc1ccc2ccccc2c1C(=O)N1CCN(Cc2c(C)noc2C)CC1. The minimum absolute atomic E-state index is 0.0437. The Bertz CT molecular complexity index is 1000. The molecule has 0 unspecified atom stereocenters. The Kier molecular flexibility index (Phi) is 5.53. The van der Waals surface area contributed by atoms with Gasteiger partial charge < -0.3 is 14.2 Å². The second-order valence-corrected chi connectivity index (χ2v) is 7.46. The van der Waals surface area contributed by atoms with Gasteiger partial charge in [-0.15, -0.1) is 0 Å². The highest BCUT2D eigenvalue weighted by Crippen LogP contribution is 2.30. The van der Waals surface area contributed by atoms with Crippen LogP contribution in [0.3, 0.4) is 0 Å². The summed E-state index contributed by atoms with van der Waals surface area (Å²) in [5, 5.41) is 6.04. The summed E-state index contributed by atoms with van der Waals surface area (Å²) in [5.41, 5.74) is 2.76. The zero-order chi connectivity index (χ0) is 20.4. The van der Waals surface area contributed by atoms with Crippen molar-refractivity contribution in [1.29, 1.82) is 0 Å². The molecule has 152 valence electrons. The molecule has 0 aliphatic carbocycles. The van der Waals surface area contributed by atoms with Gasteiger partial charge in [0.2, 0.25) is 0 Å². The first kappa shape index (κ1) is 19.5. The number of ether oxygens (including phenoxy) is 1. The average molecular weight is 393 g/mol. The Labute approximate surface area is 171 Å². The molecular weight excluding hydrogens is 366 g/mol. The van der Waals surface area contributed by atoms with E-state index in [0.717, 1.165) is 47.4 Å². The molecule has 1 fully saturated rings. The third-order valence-corrected chi connectivity index (χ3v) is 5.63. The van der Waals surface area contributed by atoms with E-state index in [4.69, 9.17) is 9.26 Å². The van der Waals surface area contributed by atoms with Gasteiger partial charge in [-0.2, -0.15) is 0 Å². The predicted molar refractivity (Wildman–Crippen MR) is 112 cm³/mol. The van der Waals surface area contributed by atoms with Gasteiger partial charge in [0.1, 0.15) is 11.5 Å². The van der Waals surface area contributed by atoms with Crippen molar-refractivity contribution in [2.45, 2.75) is 27.3 Å². The Morgan fingerprint density at radius 1 is 1.10 bits per heavy atom. The Hall–Kier alpha value is -2.86. The van der Waals surface area contributed by atoms with E-state index in [-0.39, 0.29) is 5.91 Å². The number of fused-ring (bicyclic) bond motifs is 1. The first-order valence-electron chi connectivity index (χ1n) is 10.2. The summed E-state index contributed by atoms with van der Waals surface area (Å²) >= 11 is 0. The van der Waals surface area contributed by atoms with E-state index in [1.807, 2.05) is 62.1 Å². The van der Waals surface area contributed by atoms with Crippen molar-refractivity contribution in [3.05, 3.63) is 59.0 Å². The van der Waals surface area contributed by atoms with Gasteiger partial charge in [0, 0.05) is 38.3 Å². The fraction of sp³-hybridized carbons (Fsp3) is 0.391. The van der Waals surface area contributed by atoms with Crippen LogP contribution in [0.1, 0.15) is 34.3 Å². The van der Waals surface area contributed by atoms with Crippen molar-refractivity contribution < 1.29 is 14.1 Å². The van der Waals surface area contributed by atoms with Crippen LogP contribution in [0.5, 0.6) is 5.75 Å². The molecule has 0 N–H and O–H groups in total. The number of amides is 1. The van der Waals surface area contributed by atoms with Gasteiger partial charge in [0.05, 0.1) is 17.9 Å². The maximum atomic E-state index is 13.4. The molecule has 6 heteroatoms. The van der Waals surface area contributed by atoms with Gasteiger partial charge in [-0.25, -0.2) is 0 Å². The van der Waals surface area contributed by atoms with Crippen LogP contribution < -0.4 is 4.74 Å². The molecule has 1 aliphatic heterocycles. The molecular formula is C23H27N3O3. The molecule has 0 bridgehead atoms. The van der Waals surface area contributed by atoms with Crippen LogP contribution in [0.4, 0.5) is 0 Å². The second kappa shape index (κ2) is 8.25. The lowest BCUT2D eigenvalue weighted by atomic mass is 10.0. The molecule has 3 aromatic rings. The standard InChI is InChI=1S/C23H27N3O3/c1-4-28-21-10-9-18-7-5-6-8-19(18)22(21)23(27)26-13-11-25(12-14-26)15-20-16(2)24-29-17(20)3/h5-10H,4,11-15H2,1-3H3. The fourth-order valence-corrected chi connectivity index (χ4v) is 3.97. The van der Waals surface area contributed by atoms with E-state index in [9.17, 15) is 4.79 Å². The van der Waals surface area contributed by atoms with Gasteiger partial charge >= 0.3 is 0 Å². The first-order chi connectivity index (χ1) is 14.1. The van der Waals surface area contributed by atoms with E-state index in [2.05, 4.69) is 10.1 Å². The van der Waals surface area contributed by atoms with Gasteiger partial charge in [0.25, 0.3) is 5.91 Å². The van der Waals surface area contributed by atoms with Crippen molar-refractivity contribution in [1.82, 2.24) is 15.0 Å². The Balaban J connectivity index is 1.52. The predicted octanol–water partition coefficient (Wildman–Crippen LogP) is 3.80. The highest BCUT2D eigenvalue weighted by molar-refractivity contribution is 6.09. The number of aryl methyl sites for hydroxylation is 2. The van der Waals surface area contributed by atoms with Gasteiger partial charge in [-0.3, -0.25) is 9.69 Å². The molecule has 6 nitrogen and oxygen atoms in total. The first-order valence-corrected chi connectivity index (χ1v) is 10.2. The maximum Gasteiger partial charge on any atom is 0.258 e. The number of carbonyl (C=O) groups excluding carboxylic acids is 1. The molecule has 1 aliphatic rings. The number of rotatable bonds is 5. The van der Waals surface area contributed by atoms with Crippen molar-refractivity contribution in [3.63, 3.8) is 0 Å². The number of carbonyl (C=O) groups is 1. The Morgan fingerprint density at radius 3 is 2.55 bits per heavy atom. The van der Waals surface area contributed by atoms with E-state index in [1.165, 1.54) is 0 Å². The van der Waals surface area contributed by atoms with E-state index in [1.54, 1.807) is 0 Å². The molecule has 0 radical (unpaired) electrons. The third kappa shape index (κ3) is 3.85. The minimum Gasteiger partial charge on any atom is -0.493 e. The molecule has 0 spiro atoms. The number of aromatic nitrogens is 1. The summed E-state index contributed by atoms with van der Waals surface area (Å²) in [7, 11) is 0. The lowest BCUT2D eigenvalue weighted by molar-refractivity contribution is 0.0626. The van der Waals surface area contributed by atoms with E-state index < -0.39 is 0 Å². The van der Waals surface area contributed by atoms with Crippen LogP contribution in [-0.4, -0.2) is 53.6 Å². The lowest BCUT2D eigenvalue weighted by Gasteiger charge is -2.35. The summed E-state index contributed by atoms with van der Waals surface area (Å²) in [6.07, 6.45) is 0. The zero-order valence-electron chi connectivity index (χ0n) is 17.3. The molecule has 2 aromatic carbocycles. The average Bonchev–Trinajstić information content (AvgIpc) is 3.06. The summed E-state index contributed by atoms with van der Waals surface area (Å²) in [4.78, 5) is 17.7. The molecule has 1 amide bonds. The van der Waals surface area contributed by atoms with Gasteiger partial charge in [-0.1, -0.05) is 35.5 Å². The summed E-state index contributed by atoms with van der Waals surface area (Å²) in [6, 6.07) is 11.9. The topological polar surface area (TPSA) is 58.8 Å². The zero-order valence-corrected chi connectivity index (χ0v) is 17.3. The number of piperazine rings is 1. The van der Waals surface area contributed by atoms with Crippen molar-refractivity contribution in [2.24, 2.45) is 0 Å². The number of hydrogen-bond donors (Lipinski definition) is 0. The highest BCUT2D eigenvalue weighted by Gasteiger charge is 2.27. The van der Waals surface area contributed by atoms with Crippen LogP contribution in [0.2, 0.25) is 0 Å². The maximum absolute atomic E-state index is 13.4. The van der Waals surface area contributed by atoms with Crippen molar-refractivity contribution >= 4 is 16.7 Å². The molecule has 1 saturated heterocycles. The van der Waals surface area contributed by atoms with Crippen LogP contribution in [0.25, 0.3) is 10.8 Å². The van der Waals surface area contributed by atoms with Crippen LogP contribution in [0.15, 0.2) is 40.9 Å². The smallest absolute Gasteiger partial charge is 0.258 e. The van der Waals surface area contributed by atoms with Crippen LogP contribution >= 0.6 is 0 Å². The van der Waals surface area contributed by atoms with Crippen LogP contribution in [0, 0.1) is 13.8 Å². The highest BCUT2D eigenvalue weighted by atomic mass is 16.5. The fourth-order valence-electron chi connectivity index (χ4n) is 3.97. The molecule has 1 aromatic heterocycles. The molecule has 0 saturated carbocycles. The normalized spacial score (nSPS) is 15.1. The van der Waals surface area contributed by atoms with Crippen molar-refractivity contribution in [2.75, 3.05) is 32.8 Å². The number of hydrogen-bond acceptors (Lipinski definition) is 5. The summed E-state index contributed by atoms with van der Waals surface area (Å²) in [5.74, 6) is 1.58. The largest absolute Gasteiger partial charge is 0.493 e. The van der Waals surface area contributed by atoms with E-state index >= 15 is 0 Å². The quantitative estimate of drug-likeness (QED) is 0.660. The second-order valence-electron chi connectivity index (χ2n) is 7.46. The van der Waals surface area contributed by atoms with Gasteiger partial charge in [-0.05, 0) is 37.6 Å². The summed E-state index contributed by atoms with van der Waals surface area (Å²) < 4.78 is 11.1. The Morgan fingerprint density at radius 2 is 1.86 bits per heavy atom. The molecule has 0 atom stereocenters. The summed E-state index contributed by atoms with van der Waals surface area (Å²) in [6.45, 7) is 10.2. The van der Waals surface area contributed by atoms with Gasteiger partial charge in [0.15, 0.2) is 0 Å². The number of benzene rings is 2. The molecule has 2 heterocycles. The third-order valence-electron chi connectivity index (χ3n) is 5.63. The van der Waals surface area contributed by atoms with E-state index in [0.29, 0.717) is 31.0 Å².